The molecule has 0 fully saturated rings. The van der Waals surface area contributed by atoms with Gasteiger partial charge in [0.25, 0.3) is 0 Å². The molecule has 0 radical (unpaired) electrons. The van der Waals surface area contributed by atoms with Gasteiger partial charge in [0.05, 0.1) is 24.6 Å². The molecule has 0 saturated heterocycles. The third kappa shape index (κ3) is 3.47. The number of benzene rings is 1. The van der Waals surface area contributed by atoms with Crippen LogP contribution >= 0.6 is 11.3 Å². The zero-order valence-electron chi connectivity index (χ0n) is 12.1. The predicted molar refractivity (Wildman–Crippen MR) is 86.5 cm³/mol. The van der Waals surface area contributed by atoms with Gasteiger partial charge in [-0.15, -0.1) is 11.3 Å². The average molecular weight is 323 g/mol. The molecule has 0 spiro atoms. The van der Waals surface area contributed by atoms with Crippen molar-refractivity contribution in [1.82, 2.24) is 10.3 Å². The molecule has 2 heterocycles. The van der Waals surface area contributed by atoms with E-state index in [1.807, 2.05) is 41.8 Å². The summed E-state index contributed by atoms with van der Waals surface area (Å²) in [5.74, 6) is -0.663. The zero-order valence-corrected chi connectivity index (χ0v) is 12.9. The highest BCUT2D eigenvalue weighted by atomic mass is 32.1. The molecule has 5 nitrogen and oxygen atoms in total. The van der Waals surface area contributed by atoms with Gasteiger partial charge in [0.15, 0.2) is 5.92 Å². The first-order valence-corrected chi connectivity index (χ1v) is 7.86. The van der Waals surface area contributed by atoms with Gasteiger partial charge in [-0.1, -0.05) is 30.3 Å². The van der Waals surface area contributed by atoms with E-state index in [1.54, 1.807) is 12.1 Å². The van der Waals surface area contributed by atoms with E-state index in [2.05, 4.69) is 10.3 Å². The van der Waals surface area contributed by atoms with Crippen molar-refractivity contribution >= 4 is 17.2 Å². The van der Waals surface area contributed by atoms with Crippen LogP contribution in [0.4, 0.5) is 0 Å². The second-order valence-corrected chi connectivity index (χ2v) is 5.69. The number of carbonyl (C=O) groups excluding carboxylic acids is 1. The number of rotatable bonds is 5. The number of carbonyl (C=O) groups is 1. The van der Waals surface area contributed by atoms with Crippen molar-refractivity contribution < 1.29 is 9.21 Å². The van der Waals surface area contributed by atoms with Gasteiger partial charge in [-0.05, 0) is 12.1 Å². The van der Waals surface area contributed by atoms with Gasteiger partial charge in [0, 0.05) is 10.9 Å². The quantitative estimate of drug-likeness (QED) is 0.781. The number of furan rings is 1. The normalized spacial score (nSPS) is 11.6. The van der Waals surface area contributed by atoms with Crippen molar-refractivity contribution in [3.05, 3.63) is 64.9 Å². The minimum Gasteiger partial charge on any atom is -0.467 e. The maximum atomic E-state index is 12.2. The van der Waals surface area contributed by atoms with Crippen LogP contribution < -0.4 is 5.32 Å². The first-order chi connectivity index (χ1) is 11.3. The van der Waals surface area contributed by atoms with Crippen molar-refractivity contribution in [1.29, 1.82) is 5.26 Å². The monoisotopic (exact) mass is 323 g/mol. The number of nitrogens with one attached hydrogen (secondary N) is 1. The molecular formula is C17H13N3O2S. The Morgan fingerprint density at radius 2 is 2.13 bits per heavy atom. The Morgan fingerprint density at radius 3 is 2.83 bits per heavy atom. The Morgan fingerprint density at radius 1 is 1.30 bits per heavy atom. The predicted octanol–water partition coefficient (Wildman–Crippen LogP) is 3.33. The summed E-state index contributed by atoms with van der Waals surface area (Å²) in [7, 11) is 0. The molecule has 0 unspecified atom stereocenters. The Labute approximate surface area is 137 Å². The molecule has 1 aromatic carbocycles. The number of nitrogens with zero attached hydrogens (tertiary/aromatic N) is 2. The highest BCUT2D eigenvalue weighted by molar-refractivity contribution is 7.10. The van der Waals surface area contributed by atoms with Gasteiger partial charge < -0.3 is 9.73 Å². The summed E-state index contributed by atoms with van der Waals surface area (Å²) < 4.78 is 5.15. The van der Waals surface area contributed by atoms with Crippen LogP contribution in [0.25, 0.3) is 11.3 Å². The number of aromatic nitrogens is 1. The summed E-state index contributed by atoms with van der Waals surface area (Å²) in [5, 5.41) is 14.4. The third-order valence-corrected chi connectivity index (χ3v) is 4.16. The molecule has 0 bridgehead atoms. The van der Waals surface area contributed by atoms with E-state index >= 15 is 0 Å². The fourth-order valence-corrected chi connectivity index (χ4v) is 2.95. The lowest BCUT2D eigenvalue weighted by Crippen LogP contribution is -2.28. The molecule has 3 aromatic rings. The maximum absolute atomic E-state index is 12.2. The summed E-state index contributed by atoms with van der Waals surface area (Å²) in [6.07, 6.45) is 1.54. The second-order valence-electron chi connectivity index (χ2n) is 4.80. The van der Waals surface area contributed by atoms with Gasteiger partial charge in [-0.3, -0.25) is 4.79 Å². The molecule has 23 heavy (non-hydrogen) atoms. The van der Waals surface area contributed by atoms with Gasteiger partial charge in [-0.2, -0.15) is 5.26 Å². The van der Waals surface area contributed by atoms with Crippen LogP contribution in [-0.2, 0) is 11.3 Å². The molecule has 0 aliphatic heterocycles. The van der Waals surface area contributed by atoms with E-state index in [4.69, 9.17) is 4.42 Å². The molecule has 0 saturated carbocycles. The Bertz CT molecular complexity index is 819. The number of hydrogen-bond donors (Lipinski definition) is 1. The molecule has 1 N–H and O–H groups in total. The minimum atomic E-state index is -0.924. The summed E-state index contributed by atoms with van der Waals surface area (Å²) in [6, 6.07) is 15.2. The molecule has 6 heteroatoms. The van der Waals surface area contributed by atoms with Crippen molar-refractivity contribution in [2.24, 2.45) is 0 Å². The second kappa shape index (κ2) is 6.90. The Kier molecular flexibility index (Phi) is 4.50. The van der Waals surface area contributed by atoms with Crippen LogP contribution in [0.15, 0.2) is 58.5 Å². The molecule has 1 atom stereocenters. The zero-order chi connectivity index (χ0) is 16.1. The first kappa shape index (κ1) is 15.0. The molecular weight excluding hydrogens is 310 g/mol. The van der Waals surface area contributed by atoms with Crippen molar-refractivity contribution in [3.8, 4) is 17.3 Å². The van der Waals surface area contributed by atoms with Crippen LogP contribution in [0.1, 0.15) is 16.7 Å². The van der Waals surface area contributed by atoms with Crippen molar-refractivity contribution in [3.63, 3.8) is 0 Å². The lowest BCUT2D eigenvalue weighted by molar-refractivity contribution is -0.121. The largest absolute Gasteiger partial charge is 0.467 e. The molecule has 2 aromatic heterocycles. The summed E-state index contributed by atoms with van der Waals surface area (Å²) in [4.78, 5) is 16.6. The SMILES string of the molecule is N#C[C@@H](C(=O)NCc1ccco1)c1nc(-c2ccccc2)cs1. The van der Waals surface area contributed by atoms with Crippen LogP contribution in [0.5, 0.6) is 0 Å². The van der Waals surface area contributed by atoms with Crippen LogP contribution in [-0.4, -0.2) is 10.9 Å². The number of thiazole rings is 1. The number of amides is 1. The summed E-state index contributed by atoms with van der Waals surface area (Å²) in [6.45, 7) is 0.251. The molecule has 0 aliphatic rings. The third-order valence-electron chi connectivity index (χ3n) is 3.25. The van der Waals surface area contributed by atoms with Gasteiger partial charge >= 0.3 is 0 Å². The fourth-order valence-electron chi connectivity index (χ4n) is 2.08. The molecule has 0 aliphatic carbocycles. The van der Waals surface area contributed by atoms with Crippen LogP contribution in [0, 0.1) is 11.3 Å². The minimum absolute atomic E-state index is 0.251. The number of nitriles is 1. The van der Waals surface area contributed by atoms with E-state index in [9.17, 15) is 10.1 Å². The highest BCUT2D eigenvalue weighted by Crippen LogP contribution is 2.26. The lowest BCUT2D eigenvalue weighted by Gasteiger charge is -2.06. The average Bonchev–Trinajstić information content (AvgIpc) is 3.26. The summed E-state index contributed by atoms with van der Waals surface area (Å²) in [5.41, 5.74) is 1.73. The molecule has 114 valence electrons. The topological polar surface area (TPSA) is 78.9 Å². The smallest absolute Gasteiger partial charge is 0.244 e. The lowest BCUT2D eigenvalue weighted by atomic mass is 10.1. The van der Waals surface area contributed by atoms with E-state index < -0.39 is 5.92 Å². The van der Waals surface area contributed by atoms with Gasteiger partial charge in [-0.25, -0.2) is 4.98 Å². The summed E-state index contributed by atoms with van der Waals surface area (Å²) >= 11 is 1.31. The van der Waals surface area contributed by atoms with Crippen LogP contribution in [0.3, 0.4) is 0 Å². The van der Waals surface area contributed by atoms with E-state index in [0.717, 1.165) is 11.3 Å². The standard InChI is InChI=1S/C17H13N3O2S/c18-9-14(16(21)19-10-13-7-4-8-22-13)17-20-15(11-23-17)12-5-2-1-3-6-12/h1-8,11,14H,10H2,(H,19,21)/t14-/m0/s1. The number of hydrogen-bond acceptors (Lipinski definition) is 5. The maximum Gasteiger partial charge on any atom is 0.244 e. The van der Waals surface area contributed by atoms with E-state index in [0.29, 0.717) is 10.8 Å². The fraction of sp³-hybridized carbons (Fsp3) is 0.118. The van der Waals surface area contributed by atoms with Crippen molar-refractivity contribution in [2.45, 2.75) is 12.5 Å². The van der Waals surface area contributed by atoms with Gasteiger partial charge in [0.1, 0.15) is 10.8 Å². The van der Waals surface area contributed by atoms with E-state index in [-0.39, 0.29) is 12.5 Å². The Hall–Kier alpha value is -2.91. The molecule has 1 amide bonds. The first-order valence-electron chi connectivity index (χ1n) is 6.98. The highest BCUT2D eigenvalue weighted by Gasteiger charge is 2.23. The molecule has 3 rings (SSSR count). The van der Waals surface area contributed by atoms with Crippen LogP contribution in [0.2, 0.25) is 0 Å². The van der Waals surface area contributed by atoms with Crippen molar-refractivity contribution in [2.75, 3.05) is 0 Å². The van der Waals surface area contributed by atoms with Gasteiger partial charge in [0.2, 0.25) is 5.91 Å². The Balaban J connectivity index is 1.72. The van der Waals surface area contributed by atoms with E-state index in [1.165, 1.54) is 17.6 Å².